The van der Waals surface area contributed by atoms with Gasteiger partial charge in [-0.25, -0.2) is 12.8 Å². The molecule has 2 N–H and O–H groups in total. The highest BCUT2D eigenvalue weighted by Gasteiger charge is 2.34. The van der Waals surface area contributed by atoms with Crippen LogP contribution >= 0.6 is 0 Å². The fraction of sp³-hybridized carbons (Fsp3) is 0.615. The average Bonchev–Trinajstić information content (AvgIpc) is 2.46. The smallest absolute Gasteiger partial charge is 0.244 e. The molecule has 1 aliphatic rings. The number of aromatic nitrogens is 1. The first-order chi connectivity index (χ1) is 9.46. The van der Waals surface area contributed by atoms with Gasteiger partial charge in [-0.3, -0.25) is 4.98 Å². The second-order valence-corrected chi connectivity index (χ2v) is 7.21. The maximum absolute atomic E-state index is 13.2. The molecule has 0 bridgehead atoms. The summed E-state index contributed by atoms with van der Waals surface area (Å²) in [5.41, 5.74) is 5.74. The molecule has 7 heteroatoms. The number of halogens is 1. The van der Waals surface area contributed by atoms with Crippen LogP contribution < -0.4 is 5.73 Å². The molecule has 0 radical (unpaired) electrons. The molecule has 0 aromatic carbocycles. The Morgan fingerprint density at radius 3 is 2.75 bits per heavy atom. The van der Waals surface area contributed by atoms with E-state index < -0.39 is 15.8 Å². The van der Waals surface area contributed by atoms with E-state index in [0.29, 0.717) is 6.54 Å². The number of nitrogens with zero attached hydrogens (tertiary/aromatic N) is 2. The van der Waals surface area contributed by atoms with Gasteiger partial charge in [0.25, 0.3) is 0 Å². The summed E-state index contributed by atoms with van der Waals surface area (Å²) in [6.45, 7) is 0.464. The van der Waals surface area contributed by atoms with Gasteiger partial charge in [0.1, 0.15) is 10.7 Å². The zero-order valence-corrected chi connectivity index (χ0v) is 12.3. The maximum atomic E-state index is 13.2. The van der Waals surface area contributed by atoms with Gasteiger partial charge in [0.05, 0.1) is 6.20 Å². The van der Waals surface area contributed by atoms with Gasteiger partial charge in [0, 0.05) is 19.3 Å². The lowest BCUT2D eigenvalue weighted by molar-refractivity contribution is 0.204. The van der Waals surface area contributed by atoms with Crippen LogP contribution in [0.15, 0.2) is 23.4 Å². The summed E-state index contributed by atoms with van der Waals surface area (Å²) in [4.78, 5) is 3.50. The van der Waals surface area contributed by atoms with Gasteiger partial charge in [-0.1, -0.05) is 12.8 Å². The molecule has 1 aromatic heterocycles. The van der Waals surface area contributed by atoms with Crippen molar-refractivity contribution in [3.05, 3.63) is 24.3 Å². The molecular weight excluding hydrogens is 281 g/mol. The number of rotatable bonds is 4. The average molecular weight is 301 g/mol. The number of pyridine rings is 1. The standard InChI is InChI=1S/C13H20FN3O2S/c1-17(13-5-3-2-4-10(13)7-15)20(18,19)12-6-11(14)8-16-9-12/h6,8-10,13H,2-5,7,15H2,1H3. The molecule has 1 aromatic rings. The quantitative estimate of drug-likeness (QED) is 0.911. The minimum Gasteiger partial charge on any atom is -0.330 e. The van der Waals surface area contributed by atoms with Gasteiger partial charge in [0.15, 0.2) is 0 Å². The fourth-order valence-corrected chi connectivity index (χ4v) is 4.24. The first-order valence-electron chi connectivity index (χ1n) is 6.75. The van der Waals surface area contributed by atoms with E-state index in [-0.39, 0.29) is 16.9 Å². The predicted octanol–water partition coefficient (Wildman–Crippen LogP) is 1.36. The van der Waals surface area contributed by atoms with Crippen LogP contribution in [0.4, 0.5) is 4.39 Å². The van der Waals surface area contributed by atoms with E-state index in [9.17, 15) is 12.8 Å². The Kier molecular flexibility index (Phi) is 4.72. The summed E-state index contributed by atoms with van der Waals surface area (Å²) >= 11 is 0. The van der Waals surface area contributed by atoms with Crippen molar-refractivity contribution in [2.24, 2.45) is 11.7 Å². The fourth-order valence-electron chi connectivity index (χ4n) is 2.82. The largest absolute Gasteiger partial charge is 0.330 e. The molecule has 112 valence electrons. The van der Waals surface area contributed by atoms with Gasteiger partial charge >= 0.3 is 0 Å². The van der Waals surface area contributed by atoms with Crippen molar-refractivity contribution in [2.75, 3.05) is 13.6 Å². The molecule has 2 atom stereocenters. The minimum atomic E-state index is -3.73. The Morgan fingerprint density at radius 1 is 1.40 bits per heavy atom. The third-order valence-corrected chi connectivity index (χ3v) is 5.84. The third kappa shape index (κ3) is 2.99. The summed E-state index contributed by atoms with van der Waals surface area (Å²) in [5, 5.41) is 0. The Hall–Kier alpha value is -1.05. The summed E-state index contributed by atoms with van der Waals surface area (Å²) in [7, 11) is -2.19. The molecule has 5 nitrogen and oxygen atoms in total. The molecule has 0 aliphatic heterocycles. The predicted molar refractivity (Wildman–Crippen MR) is 73.9 cm³/mol. The third-order valence-electron chi connectivity index (χ3n) is 4.00. The summed E-state index contributed by atoms with van der Waals surface area (Å²) in [6, 6.07) is 0.876. The van der Waals surface area contributed by atoms with Gasteiger partial charge in [-0.05, 0) is 31.4 Å². The van der Waals surface area contributed by atoms with Crippen molar-refractivity contribution in [2.45, 2.75) is 36.6 Å². The molecule has 2 unspecified atom stereocenters. The lowest BCUT2D eigenvalue weighted by atomic mass is 9.85. The van der Waals surface area contributed by atoms with Crippen molar-refractivity contribution in [1.29, 1.82) is 0 Å². The molecule has 20 heavy (non-hydrogen) atoms. The molecule has 1 saturated carbocycles. The topological polar surface area (TPSA) is 76.3 Å². The summed E-state index contributed by atoms with van der Waals surface area (Å²) < 4.78 is 39.6. The Bertz CT molecular complexity index is 564. The maximum Gasteiger partial charge on any atom is 0.244 e. The van der Waals surface area contributed by atoms with Crippen molar-refractivity contribution < 1.29 is 12.8 Å². The monoisotopic (exact) mass is 301 g/mol. The van der Waals surface area contributed by atoms with Gasteiger partial charge in [-0.15, -0.1) is 0 Å². The van der Waals surface area contributed by atoms with Crippen LogP contribution in [0.2, 0.25) is 0 Å². The first-order valence-corrected chi connectivity index (χ1v) is 8.19. The SMILES string of the molecule is CN(C1CCCCC1CN)S(=O)(=O)c1cncc(F)c1. The van der Waals surface area contributed by atoms with Crippen molar-refractivity contribution >= 4 is 10.0 Å². The van der Waals surface area contributed by atoms with Crippen molar-refractivity contribution in [1.82, 2.24) is 9.29 Å². The molecule has 1 heterocycles. The number of sulfonamides is 1. The molecule has 1 aliphatic carbocycles. The van der Waals surface area contributed by atoms with Crippen LogP contribution in [-0.2, 0) is 10.0 Å². The highest BCUT2D eigenvalue weighted by atomic mass is 32.2. The second-order valence-electron chi connectivity index (χ2n) is 5.21. The number of nitrogens with two attached hydrogens (primary N) is 1. The van der Waals surface area contributed by atoms with Crippen LogP contribution in [0.1, 0.15) is 25.7 Å². The van der Waals surface area contributed by atoms with Gasteiger partial charge in [-0.2, -0.15) is 4.31 Å². The van der Waals surface area contributed by atoms with Crippen molar-refractivity contribution in [3.8, 4) is 0 Å². The Balaban J connectivity index is 2.28. The van der Waals surface area contributed by atoms with Gasteiger partial charge < -0.3 is 5.73 Å². The zero-order valence-electron chi connectivity index (χ0n) is 11.5. The van der Waals surface area contributed by atoms with Crippen LogP contribution in [0.25, 0.3) is 0 Å². The van der Waals surface area contributed by atoms with E-state index in [1.54, 1.807) is 7.05 Å². The zero-order chi connectivity index (χ0) is 14.8. The Labute approximate surface area is 119 Å². The van der Waals surface area contributed by atoms with Crippen LogP contribution in [0.5, 0.6) is 0 Å². The number of hydrogen-bond donors (Lipinski definition) is 1. The van der Waals surface area contributed by atoms with E-state index in [4.69, 9.17) is 5.73 Å². The number of hydrogen-bond acceptors (Lipinski definition) is 4. The first kappa shape index (κ1) is 15.3. The highest BCUT2D eigenvalue weighted by Crippen LogP contribution is 2.30. The summed E-state index contributed by atoms with van der Waals surface area (Å²) in [6.07, 6.45) is 5.95. The van der Waals surface area contributed by atoms with Crippen LogP contribution in [0.3, 0.4) is 0 Å². The summed E-state index contributed by atoms with van der Waals surface area (Å²) in [5.74, 6) is -0.497. The molecule has 0 saturated heterocycles. The van der Waals surface area contributed by atoms with Crippen molar-refractivity contribution in [3.63, 3.8) is 0 Å². The Morgan fingerprint density at radius 2 is 2.10 bits per heavy atom. The van der Waals surface area contributed by atoms with Gasteiger partial charge in [0.2, 0.25) is 10.0 Å². The van der Waals surface area contributed by atoms with E-state index in [1.807, 2.05) is 0 Å². The van der Waals surface area contributed by atoms with E-state index >= 15 is 0 Å². The molecule has 2 rings (SSSR count). The lowest BCUT2D eigenvalue weighted by Crippen LogP contribution is -2.45. The normalized spacial score (nSPS) is 24.0. The van der Waals surface area contributed by atoms with Crippen LogP contribution in [-0.4, -0.2) is 37.3 Å². The molecular formula is C13H20FN3O2S. The molecule has 0 spiro atoms. The second kappa shape index (κ2) is 6.15. The van der Waals surface area contributed by atoms with E-state index in [0.717, 1.165) is 37.9 Å². The molecule has 1 fully saturated rings. The highest BCUT2D eigenvalue weighted by molar-refractivity contribution is 7.89. The lowest BCUT2D eigenvalue weighted by Gasteiger charge is -2.36. The van der Waals surface area contributed by atoms with Crippen LogP contribution in [0, 0.1) is 11.7 Å². The van der Waals surface area contributed by atoms with E-state index in [2.05, 4.69) is 4.98 Å². The molecule has 0 amide bonds. The minimum absolute atomic E-state index is 0.110. The van der Waals surface area contributed by atoms with E-state index in [1.165, 1.54) is 10.5 Å².